The van der Waals surface area contributed by atoms with Crippen LogP contribution in [-0.4, -0.2) is 18.7 Å². The molecule has 2 N–H and O–H groups in total. The van der Waals surface area contributed by atoms with Gasteiger partial charge in [0.2, 0.25) is 0 Å². The number of aliphatic imine (C=N–C) groups is 1. The summed E-state index contributed by atoms with van der Waals surface area (Å²) in [6, 6.07) is 0.742. The maximum absolute atomic E-state index is 5.49. The van der Waals surface area contributed by atoms with Gasteiger partial charge < -0.3 is 10.5 Å². The van der Waals surface area contributed by atoms with Gasteiger partial charge in [0.1, 0.15) is 6.61 Å². The van der Waals surface area contributed by atoms with E-state index in [1.54, 1.807) is 0 Å². The molecule has 0 saturated heterocycles. The van der Waals surface area contributed by atoms with Crippen molar-refractivity contribution in [2.45, 2.75) is 38.6 Å². The number of nitrogens with zero attached hydrogens (tertiary/aromatic N) is 1. The second-order valence-corrected chi connectivity index (χ2v) is 4.38. The average Bonchev–Trinajstić information content (AvgIpc) is 2.52. The summed E-state index contributed by atoms with van der Waals surface area (Å²) in [7, 11) is 0. The molecule has 0 radical (unpaired) electrons. The van der Waals surface area contributed by atoms with Crippen molar-refractivity contribution in [2.24, 2.45) is 22.6 Å². The summed E-state index contributed by atoms with van der Waals surface area (Å²) in [5.74, 6) is 1.57. The number of rotatable bonds is 1. The van der Waals surface area contributed by atoms with Crippen LogP contribution in [0, 0.1) is 11.8 Å². The molecule has 1 aliphatic carbocycles. The van der Waals surface area contributed by atoms with E-state index in [9.17, 15) is 0 Å². The Morgan fingerprint density at radius 2 is 2.31 bits per heavy atom. The van der Waals surface area contributed by atoms with Crippen LogP contribution in [0.5, 0.6) is 0 Å². The standard InChI is InChI=1S/C10H18N2O/c1-7-3-2-4-8(5-7)9-6-13-10(11)12-9/h7-9H,2-6H2,1H3,(H2,11,12). The third-order valence-corrected chi connectivity index (χ3v) is 3.22. The molecule has 1 aliphatic heterocycles. The molecule has 13 heavy (non-hydrogen) atoms. The zero-order valence-corrected chi connectivity index (χ0v) is 8.20. The Labute approximate surface area is 79.4 Å². The normalized spacial score (nSPS) is 39.8. The lowest BCUT2D eigenvalue weighted by molar-refractivity contribution is 0.209. The van der Waals surface area contributed by atoms with Crippen LogP contribution in [0.15, 0.2) is 4.99 Å². The zero-order valence-electron chi connectivity index (χ0n) is 8.20. The van der Waals surface area contributed by atoms with Crippen molar-refractivity contribution in [3.05, 3.63) is 0 Å². The molecule has 0 aromatic rings. The Morgan fingerprint density at radius 3 is 2.92 bits per heavy atom. The van der Waals surface area contributed by atoms with Crippen LogP contribution in [0.25, 0.3) is 0 Å². The molecular formula is C10H18N2O. The molecule has 0 aromatic carbocycles. The van der Waals surface area contributed by atoms with Gasteiger partial charge in [-0.1, -0.05) is 19.8 Å². The quantitative estimate of drug-likeness (QED) is 0.668. The third-order valence-electron chi connectivity index (χ3n) is 3.22. The van der Waals surface area contributed by atoms with E-state index in [0.717, 1.165) is 5.92 Å². The first-order valence-electron chi connectivity index (χ1n) is 5.22. The van der Waals surface area contributed by atoms with Crippen LogP contribution in [0.4, 0.5) is 0 Å². The Morgan fingerprint density at radius 1 is 1.46 bits per heavy atom. The molecule has 0 amide bonds. The van der Waals surface area contributed by atoms with E-state index in [4.69, 9.17) is 10.5 Å². The molecule has 2 aliphatic rings. The fourth-order valence-corrected chi connectivity index (χ4v) is 2.48. The highest BCUT2D eigenvalue weighted by Gasteiger charge is 2.29. The maximum atomic E-state index is 5.49. The molecule has 1 saturated carbocycles. The molecule has 3 unspecified atom stereocenters. The minimum absolute atomic E-state index is 0.350. The lowest BCUT2D eigenvalue weighted by Gasteiger charge is -2.28. The summed E-state index contributed by atoms with van der Waals surface area (Å²) in [6.45, 7) is 3.04. The van der Waals surface area contributed by atoms with E-state index < -0.39 is 0 Å². The van der Waals surface area contributed by atoms with Crippen LogP contribution >= 0.6 is 0 Å². The molecule has 0 aromatic heterocycles. The van der Waals surface area contributed by atoms with Crippen molar-refractivity contribution in [1.29, 1.82) is 0 Å². The molecule has 2 rings (SSSR count). The predicted molar refractivity (Wildman–Crippen MR) is 52.5 cm³/mol. The second kappa shape index (κ2) is 3.56. The van der Waals surface area contributed by atoms with E-state index in [0.29, 0.717) is 24.6 Å². The van der Waals surface area contributed by atoms with Gasteiger partial charge in [-0.3, -0.25) is 0 Å². The van der Waals surface area contributed by atoms with E-state index in [2.05, 4.69) is 11.9 Å². The first-order valence-corrected chi connectivity index (χ1v) is 5.22. The van der Waals surface area contributed by atoms with Gasteiger partial charge in [-0.15, -0.1) is 0 Å². The van der Waals surface area contributed by atoms with Crippen molar-refractivity contribution in [3.8, 4) is 0 Å². The summed E-state index contributed by atoms with van der Waals surface area (Å²) in [6.07, 6.45) is 5.32. The lowest BCUT2D eigenvalue weighted by atomic mass is 9.79. The number of amidine groups is 1. The predicted octanol–water partition coefficient (Wildman–Crippen LogP) is 1.53. The third kappa shape index (κ3) is 1.95. The highest BCUT2D eigenvalue weighted by atomic mass is 16.5. The van der Waals surface area contributed by atoms with E-state index in [1.807, 2.05) is 0 Å². The average molecular weight is 182 g/mol. The van der Waals surface area contributed by atoms with Crippen molar-refractivity contribution >= 4 is 6.02 Å². The molecule has 74 valence electrons. The number of nitrogens with two attached hydrogens (primary N) is 1. The van der Waals surface area contributed by atoms with Gasteiger partial charge >= 0.3 is 0 Å². The van der Waals surface area contributed by atoms with Gasteiger partial charge in [-0.05, 0) is 24.7 Å². The van der Waals surface area contributed by atoms with Crippen LogP contribution < -0.4 is 5.73 Å². The highest BCUT2D eigenvalue weighted by Crippen LogP contribution is 2.33. The van der Waals surface area contributed by atoms with Gasteiger partial charge in [-0.2, -0.15) is 0 Å². The minimum Gasteiger partial charge on any atom is -0.463 e. The number of hydrogen-bond acceptors (Lipinski definition) is 3. The monoisotopic (exact) mass is 182 g/mol. The van der Waals surface area contributed by atoms with E-state index >= 15 is 0 Å². The van der Waals surface area contributed by atoms with Crippen molar-refractivity contribution in [1.82, 2.24) is 0 Å². The van der Waals surface area contributed by atoms with Gasteiger partial charge in [0.25, 0.3) is 6.02 Å². The summed E-state index contributed by atoms with van der Waals surface area (Å²) in [5.41, 5.74) is 5.49. The Hall–Kier alpha value is -0.730. The lowest BCUT2D eigenvalue weighted by Crippen LogP contribution is -2.25. The fourth-order valence-electron chi connectivity index (χ4n) is 2.48. The maximum Gasteiger partial charge on any atom is 0.282 e. The van der Waals surface area contributed by atoms with E-state index in [-0.39, 0.29) is 0 Å². The van der Waals surface area contributed by atoms with Crippen molar-refractivity contribution in [2.75, 3.05) is 6.61 Å². The van der Waals surface area contributed by atoms with Crippen LogP contribution in [0.2, 0.25) is 0 Å². The van der Waals surface area contributed by atoms with Crippen molar-refractivity contribution < 1.29 is 4.74 Å². The van der Waals surface area contributed by atoms with Gasteiger partial charge in [0, 0.05) is 0 Å². The number of ether oxygens (including phenoxy) is 1. The summed E-state index contributed by atoms with van der Waals surface area (Å²) in [4.78, 5) is 4.32. The molecule has 1 heterocycles. The first-order chi connectivity index (χ1) is 6.25. The minimum atomic E-state index is 0.350. The Kier molecular flexibility index (Phi) is 2.42. The summed E-state index contributed by atoms with van der Waals surface area (Å²) >= 11 is 0. The van der Waals surface area contributed by atoms with Gasteiger partial charge in [-0.25, -0.2) is 4.99 Å². The van der Waals surface area contributed by atoms with E-state index in [1.165, 1.54) is 25.7 Å². The summed E-state index contributed by atoms with van der Waals surface area (Å²) < 4.78 is 5.18. The molecule has 3 atom stereocenters. The highest BCUT2D eigenvalue weighted by molar-refractivity contribution is 5.73. The van der Waals surface area contributed by atoms with Gasteiger partial charge in [0.15, 0.2) is 0 Å². The van der Waals surface area contributed by atoms with Crippen LogP contribution in [0.1, 0.15) is 32.6 Å². The largest absolute Gasteiger partial charge is 0.463 e. The Bertz CT molecular complexity index is 215. The molecule has 3 heteroatoms. The fraction of sp³-hybridized carbons (Fsp3) is 0.900. The van der Waals surface area contributed by atoms with Crippen LogP contribution in [0.3, 0.4) is 0 Å². The SMILES string of the molecule is CC1CCCC(C2COC(N)=N2)C1. The molecule has 0 bridgehead atoms. The van der Waals surface area contributed by atoms with Crippen molar-refractivity contribution in [3.63, 3.8) is 0 Å². The Balaban J connectivity index is 1.93. The zero-order chi connectivity index (χ0) is 9.26. The smallest absolute Gasteiger partial charge is 0.282 e. The van der Waals surface area contributed by atoms with Gasteiger partial charge in [0.05, 0.1) is 6.04 Å². The first kappa shape index (κ1) is 8.85. The summed E-state index contributed by atoms with van der Waals surface area (Å²) in [5, 5.41) is 0. The molecule has 3 nitrogen and oxygen atoms in total. The topological polar surface area (TPSA) is 47.6 Å². The molecular weight excluding hydrogens is 164 g/mol. The molecule has 0 spiro atoms. The van der Waals surface area contributed by atoms with Crippen LogP contribution in [-0.2, 0) is 4.74 Å². The number of hydrogen-bond donors (Lipinski definition) is 1. The second-order valence-electron chi connectivity index (χ2n) is 4.38. The molecule has 1 fully saturated rings.